The van der Waals surface area contributed by atoms with Crippen molar-refractivity contribution in [3.05, 3.63) is 29.8 Å². The Balaban J connectivity index is 2.00. The number of rotatable bonds is 5. The van der Waals surface area contributed by atoms with E-state index in [-0.39, 0.29) is 5.69 Å². The Kier molecular flexibility index (Phi) is 5.07. The van der Waals surface area contributed by atoms with Gasteiger partial charge in [0.2, 0.25) is 11.0 Å². The zero-order chi connectivity index (χ0) is 15.4. The molecule has 1 amide bonds. The first-order valence-corrected chi connectivity index (χ1v) is 7.63. The van der Waals surface area contributed by atoms with Gasteiger partial charge >= 0.3 is 0 Å². The molecule has 0 bridgehead atoms. The van der Waals surface area contributed by atoms with E-state index in [1.807, 2.05) is 0 Å². The highest BCUT2D eigenvalue weighted by molar-refractivity contribution is 8.02. The first-order valence-electron chi connectivity index (χ1n) is 5.93. The van der Waals surface area contributed by atoms with E-state index < -0.39 is 22.8 Å². The fourth-order valence-corrected chi connectivity index (χ4v) is 3.24. The predicted octanol–water partition coefficient (Wildman–Crippen LogP) is 2.98. The monoisotopic (exact) mass is 330 g/mol. The molecule has 0 spiro atoms. The van der Waals surface area contributed by atoms with Crippen LogP contribution in [0.25, 0.3) is 0 Å². The number of hydrogen-bond acceptors (Lipinski definition) is 6. The lowest BCUT2D eigenvalue weighted by Gasteiger charge is -2.10. The molecule has 2 N–H and O–H groups in total. The summed E-state index contributed by atoms with van der Waals surface area (Å²) < 4.78 is 27.1. The molecule has 1 heterocycles. The van der Waals surface area contributed by atoms with Gasteiger partial charge in [-0.15, -0.1) is 10.2 Å². The molecule has 0 fully saturated rings. The molecule has 1 aromatic carbocycles. The standard InChI is InChI=1S/C12H12F2N4OS2/c1-6(20-12-18-17-11(15-2)21-12)10(19)16-9-5-7(13)3-4-8(9)14/h3-6H,1-2H3,(H,15,17)(H,16,19)/t6-/m0/s1. The Morgan fingerprint density at radius 3 is 2.81 bits per heavy atom. The number of nitrogens with one attached hydrogen (secondary N) is 2. The number of thioether (sulfide) groups is 1. The predicted molar refractivity (Wildman–Crippen MR) is 79.8 cm³/mol. The summed E-state index contributed by atoms with van der Waals surface area (Å²) in [7, 11) is 1.72. The van der Waals surface area contributed by atoms with Crippen molar-refractivity contribution in [1.82, 2.24) is 10.2 Å². The fraction of sp³-hybridized carbons (Fsp3) is 0.250. The summed E-state index contributed by atoms with van der Waals surface area (Å²) in [5, 5.41) is 13.1. The van der Waals surface area contributed by atoms with Crippen LogP contribution in [0.5, 0.6) is 0 Å². The summed E-state index contributed by atoms with van der Waals surface area (Å²) in [4.78, 5) is 12.0. The number of hydrogen-bond donors (Lipinski definition) is 2. The van der Waals surface area contributed by atoms with Gasteiger partial charge in [0, 0.05) is 13.1 Å². The number of halogens is 2. The van der Waals surface area contributed by atoms with Crippen molar-refractivity contribution >= 4 is 39.8 Å². The van der Waals surface area contributed by atoms with Gasteiger partial charge in [-0.3, -0.25) is 4.79 Å². The van der Waals surface area contributed by atoms with Crippen LogP contribution in [0, 0.1) is 11.6 Å². The third-order valence-corrected chi connectivity index (χ3v) is 4.58. The van der Waals surface area contributed by atoms with Gasteiger partial charge in [0.1, 0.15) is 11.6 Å². The average molecular weight is 330 g/mol. The van der Waals surface area contributed by atoms with Gasteiger partial charge in [-0.1, -0.05) is 23.1 Å². The van der Waals surface area contributed by atoms with Crippen LogP contribution in [-0.4, -0.2) is 28.4 Å². The first-order chi connectivity index (χ1) is 9.99. The Labute approximate surface area is 128 Å². The minimum absolute atomic E-state index is 0.180. The normalized spacial score (nSPS) is 12.0. The second kappa shape index (κ2) is 6.81. The number of carbonyl (C=O) groups is 1. The van der Waals surface area contributed by atoms with Gasteiger partial charge in [-0.05, 0) is 19.1 Å². The van der Waals surface area contributed by atoms with Gasteiger partial charge in [-0.25, -0.2) is 8.78 Å². The molecule has 0 aliphatic rings. The van der Waals surface area contributed by atoms with Gasteiger partial charge < -0.3 is 10.6 Å². The van der Waals surface area contributed by atoms with E-state index in [4.69, 9.17) is 0 Å². The Morgan fingerprint density at radius 1 is 1.38 bits per heavy atom. The van der Waals surface area contributed by atoms with Crippen molar-refractivity contribution in [3.8, 4) is 0 Å². The molecule has 0 aliphatic carbocycles. The van der Waals surface area contributed by atoms with E-state index in [9.17, 15) is 13.6 Å². The number of amides is 1. The van der Waals surface area contributed by atoms with Crippen LogP contribution in [0.2, 0.25) is 0 Å². The zero-order valence-corrected chi connectivity index (χ0v) is 12.8. The third kappa shape index (κ3) is 4.11. The molecular weight excluding hydrogens is 318 g/mol. The largest absolute Gasteiger partial charge is 0.363 e. The summed E-state index contributed by atoms with van der Waals surface area (Å²) in [5.74, 6) is -1.74. The highest BCUT2D eigenvalue weighted by Crippen LogP contribution is 2.29. The molecule has 0 saturated carbocycles. The molecule has 0 aliphatic heterocycles. The number of benzene rings is 1. The Hall–Kier alpha value is -1.74. The highest BCUT2D eigenvalue weighted by Gasteiger charge is 2.18. The maximum Gasteiger partial charge on any atom is 0.237 e. The van der Waals surface area contributed by atoms with E-state index in [1.165, 1.54) is 23.1 Å². The number of nitrogens with zero attached hydrogens (tertiary/aromatic N) is 2. The van der Waals surface area contributed by atoms with Gasteiger partial charge in [0.05, 0.1) is 10.9 Å². The molecule has 9 heteroatoms. The molecule has 1 atom stereocenters. The number of anilines is 2. The number of carbonyl (C=O) groups excluding carboxylic acids is 1. The first kappa shape index (κ1) is 15.6. The summed E-state index contributed by atoms with van der Waals surface area (Å²) in [5.41, 5.74) is -0.180. The highest BCUT2D eigenvalue weighted by atomic mass is 32.2. The van der Waals surface area contributed by atoms with Crippen molar-refractivity contribution < 1.29 is 13.6 Å². The van der Waals surface area contributed by atoms with Gasteiger partial charge in [0.25, 0.3) is 0 Å². The molecule has 0 saturated heterocycles. The van der Waals surface area contributed by atoms with E-state index in [2.05, 4.69) is 20.8 Å². The maximum absolute atomic E-state index is 13.5. The molecule has 2 rings (SSSR count). The molecule has 0 radical (unpaired) electrons. The van der Waals surface area contributed by atoms with Crippen LogP contribution in [0.1, 0.15) is 6.92 Å². The van der Waals surface area contributed by atoms with E-state index >= 15 is 0 Å². The molecule has 1 aromatic heterocycles. The lowest BCUT2D eigenvalue weighted by atomic mass is 10.3. The molecule has 5 nitrogen and oxygen atoms in total. The summed E-state index contributed by atoms with van der Waals surface area (Å²) in [6.45, 7) is 1.65. The SMILES string of the molecule is CNc1nnc(S[C@@H](C)C(=O)Nc2cc(F)ccc2F)s1. The van der Waals surface area contributed by atoms with E-state index in [1.54, 1.807) is 14.0 Å². The van der Waals surface area contributed by atoms with Crippen LogP contribution >= 0.6 is 23.1 Å². The molecule has 2 aromatic rings. The topological polar surface area (TPSA) is 66.9 Å². The van der Waals surface area contributed by atoms with Gasteiger partial charge in [0.15, 0.2) is 4.34 Å². The van der Waals surface area contributed by atoms with E-state index in [0.29, 0.717) is 9.47 Å². The fourth-order valence-electron chi connectivity index (χ4n) is 1.39. The van der Waals surface area contributed by atoms with Crippen molar-refractivity contribution in [2.75, 3.05) is 17.7 Å². The van der Waals surface area contributed by atoms with Crippen LogP contribution < -0.4 is 10.6 Å². The lowest BCUT2D eigenvalue weighted by molar-refractivity contribution is -0.115. The molecular formula is C12H12F2N4OS2. The quantitative estimate of drug-likeness (QED) is 0.825. The minimum Gasteiger partial charge on any atom is -0.363 e. The molecule has 112 valence electrons. The Bertz CT molecular complexity index is 650. The minimum atomic E-state index is -0.685. The van der Waals surface area contributed by atoms with Gasteiger partial charge in [-0.2, -0.15) is 0 Å². The van der Waals surface area contributed by atoms with Crippen molar-refractivity contribution in [3.63, 3.8) is 0 Å². The second-order valence-corrected chi connectivity index (χ2v) is 6.56. The molecule has 0 unspecified atom stereocenters. The smallest absolute Gasteiger partial charge is 0.237 e. The van der Waals surface area contributed by atoms with Crippen LogP contribution in [0.3, 0.4) is 0 Å². The third-order valence-electron chi connectivity index (χ3n) is 2.45. The maximum atomic E-state index is 13.5. The second-order valence-electron chi connectivity index (χ2n) is 4.00. The summed E-state index contributed by atoms with van der Waals surface area (Å²) >= 11 is 2.50. The number of aromatic nitrogens is 2. The average Bonchev–Trinajstić information content (AvgIpc) is 2.90. The van der Waals surface area contributed by atoms with Crippen LogP contribution in [-0.2, 0) is 4.79 Å². The van der Waals surface area contributed by atoms with Crippen molar-refractivity contribution in [2.24, 2.45) is 0 Å². The van der Waals surface area contributed by atoms with Crippen molar-refractivity contribution in [1.29, 1.82) is 0 Å². The zero-order valence-electron chi connectivity index (χ0n) is 11.2. The Morgan fingerprint density at radius 2 is 2.14 bits per heavy atom. The van der Waals surface area contributed by atoms with E-state index in [0.717, 1.165) is 18.2 Å². The summed E-state index contributed by atoms with van der Waals surface area (Å²) in [6.07, 6.45) is 0. The van der Waals surface area contributed by atoms with Crippen molar-refractivity contribution in [2.45, 2.75) is 16.5 Å². The summed E-state index contributed by atoms with van der Waals surface area (Å²) in [6, 6.07) is 2.89. The van der Waals surface area contributed by atoms with Crippen LogP contribution in [0.15, 0.2) is 22.5 Å². The molecule has 21 heavy (non-hydrogen) atoms. The lowest BCUT2D eigenvalue weighted by Crippen LogP contribution is -2.23. The van der Waals surface area contributed by atoms with Crippen LogP contribution in [0.4, 0.5) is 19.6 Å².